The van der Waals surface area contributed by atoms with Gasteiger partial charge in [-0.3, -0.25) is 0 Å². The van der Waals surface area contributed by atoms with Crippen molar-refractivity contribution >= 4 is 0 Å². The molecule has 3 atom stereocenters. The molecule has 0 aromatic rings. The van der Waals surface area contributed by atoms with Crippen LogP contribution in [0.2, 0.25) is 0 Å². The second-order valence-electron chi connectivity index (χ2n) is 7.80. The quantitative estimate of drug-likeness (QED) is 0.815. The number of rotatable bonds is 3. The molecule has 4 saturated carbocycles. The van der Waals surface area contributed by atoms with E-state index in [9.17, 15) is 18.3 Å². The Labute approximate surface area is 112 Å². The van der Waals surface area contributed by atoms with Crippen LogP contribution in [0.3, 0.4) is 0 Å². The van der Waals surface area contributed by atoms with Crippen LogP contribution in [0.5, 0.6) is 0 Å². The summed E-state index contributed by atoms with van der Waals surface area (Å²) in [5.74, 6) is 1.29. The molecule has 0 saturated heterocycles. The number of alkyl halides is 3. The Hall–Kier alpha value is -0.250. The summed E-state index contributed by atoms with van der Waals surface area (Å²) in [6.45, 7) is 2.27. The second kappa shape index (κ2) is 4.12. The van der Waals surface area contributed by atoms with Crippen LogP contribution in [0.25, 0.3) is 0 Å². The van der Waals surface area contributed by atoms with E-state index in [0.29, 0.717) is 11.8 Å². The number of aliphatic hydroxyl groups is 1. The molecule has 4 fully saturated rings. The van der Waals surface area contributed by atoms with Crippen molar-refractivity contribution < 1.29 is 18.3 Å². The summed E-state index contributed by atoms with van der Waals surface area (Å²) in [5.41, 5.74) is 0.0768. The van der Waals surface area contributed by atoms with Gasteiger partial charge in [0.1, 0.15) is 0 Å². The van der Waals surface area contributed by atoms with E-state index >= 15 is 0 Å². The summed E-state index contributed by atoms with van der Waals surface area (Å²) in [7, 11) is 0. The highest BCUT2D eigenvalue weighted by Crippen LogP contribution is 2.66. The number of halogens is 3. The van der Waals surface area contributed by atoms with Crippen molar-refractivity contribution in [2.75, 3.05) is 0 Å². The van der Waals surface area contributed by atoms with Gasteiger partial charge in [0.15, 0.2) is 0 Å². The van der Waals surface area contributed by atoms with Gasteiger partial charge in [-0.05, 0) is 67.6 Å². The van der Waals surface area contributed by atoms with Gasteiger partial charge >= 0.3 is 6.18 Å². The van der Waals surface area contributed by atoms with Crippen LogP contribution in [0, 0.1) is 22.7 Å². The Kier molecular flexibility index (Phi) is 2.98. The van der Waals surface area contributed by atoms with Gasteiger partial charge < -0.3 is 5.11 Å². The molecule has 4 heteroatoms. The average Bonchev–Trinajstić information content (AvgIpc) is 2.21. The maximum atomic E-state index is 12.4. The van der Waals surface area contributed by atoms with Crippen molar-refractivity contribution in [1.82, 2.24) is 0 Å². The number of hydrogen-bond acceptors (Lipinski definition) is 1. The number of aliphatic hydroxyl groups excluding tert-OH is 1. The highest BCUT2D eigenvalue weighted by molar-refractivity contribution is 5.08. The third-order valence-corrected chi connectivity index (χ3v) is 5.81. The fourth-order valence-corrected chi connectivity index (χ4v) is 5.79. The minimum atomic E-state index is -4.15. The molecule has 3 unspecified atom stereocenters. The molecule has 110 valence electrons. The molecule has 0 spiro atoms. The first-order valence-electron chi connectivity index (χ1n) is 7.45. The van der Waals surface area contributed by atoms with Gasteiger partial charge in [-0.1, -0.05) is 6.92 Å². The lowest BCUT2D eigenvalue weighted by molar-refractivity contribution is -0.173. The van der Waals surface area contributed by atoms with Gasteiger partial charge in [0.25, 0.3) is 0 Å². The molecule has 0 heterocycles. The van der Waals surface area contributed by atoms with Gasteiger partial charge in [0, 0.05) is 6.42 Å². The van der Waals surface area contributed by atoms with Crippen molar-refractivity contribution in [3.8, 4) is 0 Å². The van der Waals surface area contributed by atoms with E-state index in [1.165, 1.54) is 19.3 Å². The molecule has 1 N–H and O–H groups in total. The zero-order valence-electron chi connectivity index (χ0n) is 11.5. The summed E-state index contributed by atoms with van der Waals surface area (Å²) in [6, 6.07) is 0. The molecule has 4 rings (SSSR count). The summed E-state index contributed by atoms with van der Waals surface area (Å²) < 4.78 is 37.1. The first-order valence-corrected chi connectivity index (χ1v) is 7.45. The van der Waals surface area contributed by atoms with E-state index in [-0.39, 0.29) is 17.3 Å². The summed E-state index contributed by atoms with van der Waals surface area (Å²) in [4.78, 5) is 0. The van der Waals surface area contributed by atoms with Crippen molar-refractivity contribution in [1.29, 1.82) is 0 Å². The Morgan fingerprint density at radius 3 is 2.21 bits per heavy atom. The fourth-order valence-electron chi connectivity index (χ4n) is 5.79. The largest absolute Gasteiger partial charge is 0.393 e. The fraction of sp³-hybridized carbons (Fsp3) is 1.00. The van der Waals surface area contributed by atoms with Crippen LogP contribution in [-0.4, -0.2) is 17.4 Å². The van der Waals surface area contributed by atoms with Crippen LogP contribution in [0.1, 0.15) is 58.3 Å². The molecule has 19 heavy (non-hydrogen) atoms. The monoisotopic (exact) mass is 276 g/mol. The molecular weight excluding hydrogens is 253 g/mol. The molecule has 0 aromatic carbocycles. The van der Waals surface area contributed by atoms with E-state index in [1.807, 2.05) is 0 Å². The normalized spacial score (nSPS) is 46.6. The Morgan fingerprint density at radius 1 is 1.16 bits per heavy atom. The van der Waals surface area contributed by atoms with Crippen LogP contribution < -0.4 is 0 Å². The van der Waals surface area contributed by atoms with Crippen molar-refractivity contribution in [2.24, 2.45) is 22.7 Å². The minimum Gasteiger partial charge on any atom is -0.393 e. The lowest BCUT2D eigenvalue weighted by Crippen LogP contribution is -2.55. The van der Waals surface area contributed by atoms with Crippen LogP contribution >= 0.6 is 0 Å². The van der Waals surface area contributed by atoms with E-state index < -0.39 is 18.7 Å². The van der Waals surface area contributed by atoms with Crippen LogP contribution in [-0.2, 0) is 0 Å². The molecule has 1 nitrogen and oxygen atoms in total. The van der Waals surface area contributed by atoms with E-state index in [2.05, 4.69) is 6.92 Å². The topological polar surface area (TPSA) is 20.2 Å². The zero-order chi connectivity index (χ0) is 13.9. The third kappa shape index (κ3) is 2.53. The second-order valence-corrected chi connectivity index (χ2v) is 7.80. The molecule has 0 amide bonds. The van der Waals surface area contributed by atoms with Gasteiger partial charge in [-0.15, -0.1) is 0 Å². The van der Waals surface area contributed by atoms with Crippen LogP contribution in [0.15, 0.2) is 0 Å². The highest BCUT2D eigenvalue weighted by Gasteiger charge is 2.58. The SMILES string of the molecule is CC12CC3CC(C1)CC(C(O)CCC(F)(F)F)(C3)C2. The molecule has 4 aliphatic rings. The zero-order valence-corrected chi connectivity index (χ0v) is 11.5. The molecular formula is C15H23F3O. The predicted molar refractivity (Wildman–Crippen MR) is 66.5 cm³/mol. The minimum absolute atomic E-state index is 0.112. The lowest BCUT2D eigenvalue weighted by Gasteiger charge is -2.62. The first-order chi connectivity index (χ1) is 8.70. The molecule has 0 radical (unpaired) electrons. The maximum absolute atomic E-state index is 12.4. The van der Waals surface area contributed by atoms with Gasteiger partial charge in [0.2, 0.25) is 0 Å². The summed E-state index contributed by atoms with van der Waals surface area (Å²) in [6.07, 6.45) is 0.660. The third-order valence-electron chi connectivity index (χ3n) is 5.81. The molecule has 4 bridgehead atoms. The first kappa shape index (κ1) is 13.7. The summed E-state index contributed by atoms with van der Waals surface area (Å²) >= 11 is 0. The van der Waals surface area contributed by atoms with Gasteiger partial charge in [-0.25, -0.2) is 0 Å². The predicted octanol–water partition coefficient (Wildman–Crippen LogP) is 4.30. The van der Waals surface area contributed by atoms with Gasteiger partial charge in [-0.2, -0.15) is 13.2 Å². The molecule has 0 aromatic heterocycles. The van der Waals surface area contributed by atoms with Crippen molar-refractivity contribution in [2.45, 2.75) is 70.6 Å². The molecule has 0 aliphatic heterocycles. The Morgan fingerprint density at radius 2 is 1.74 bits per heavy atom. The van der Waals surface area contributed by atoms with Crippen LogP contribution in [0.4, 0.5) is 13.2 Å². The van der Waals surface area contributed by atoms with Crippen molar-refractivity contribution in [3.05, 3.63) is 0 Å². The van der Waals surface area contributed by atoms with Crippen molar-refractivity contribution in [3.63, 3.8) is 0 Å². The van der Waals surface area contributed by atoms with E-state index in [0.717, 1.165) is 19.3 Å². The maximum Gasteiger partial charge on any atom is 0.389 e. The lowest BCUT2D eigenvalue weighted by atomic mass is 9.43. The average molecular weight is 276 g/mol. The summed E-state index contributed by atoms with van der Waals surface area (Å²) in [5, 5.41) is 10.4. The Bertz CT molecular complexity index is 349. The standard InChI is InChI=1S/C15H23F3O/c1-13-5-10-4-11(6-13)8-14(7-10,9-13)12(19)2-3-15(16,17)18/h10-12,19H,2-9H2,1H3. The molecule has 4 aliphatic carbocycles. The van der Waals surface area contributed by atoms with E-state index in [1.54, 1.807) is 0 Å². The smallest absolute Gasteiger partial charge is 0.389 e. The van der Waals surface area contributed by atoms with Gasteiger partial charge in [0.05, 0.1) is 6.10 Å². The number of hydrogen-bond donors (Lipinski definition) is 1. The van der Waals surface area contributed by atoms with E-state index in [4.69, 9.17) is 0 Å². The Balaban J connectivity index is 1.72. The highest BCUT2D eigenvalue weighted by atomic mass is 19.4.